The summed E-state index contributed by atoms with van der Waals surface area (Å²) in [5.41, 5.74) is 3.72. The van der Waals surface area contributed by atoms with E-state index in [4.69, 9.17) is 0 Å². The third kappa shape index (κ3) is 4.90. The summed E-state index contributed by atoms with van der Waals surface area (Å²) in [7, 11) is 1.84. The summed E-state index contributed by atoms with van der Waals surface area (Å²) in [6.07, 6.45) is 4.39. The van der Waals surface area contributed by atoms with Gasteiger partial charge in [0.15, 0.2) is 5.82 Å². The monoisotopic (exact) mass is 488 g/mol. The van der Waals surface area contributed by atoms with Crippen LogP contribution in [0.4, 0.5) is 16.2 Å². The lowest BCUT2D eigenvalue weighted by Crippen LogP contribution is -2.45. The molecular formula is C26H29FN8O. The van der Waals surface area contributed by atoms with Gasteiger partial charge in [-0.2, -0.15) is 5.10 Å². The standard InChI is InChI=1S/C26H29FN8O/c1-17(2)25-20-12-19(13-21(27)24(20)32-33(25)3)22-6-7-28-26(30-22)31-23-5-4-18(14-29-23)15-34-8-10-35(16-36)11-9-34/h4-7,12-14,16-17H,8-11,15H2,1-3H3,(H,28,29,30,31). The maximum atomic E-state index is 14.9. The van der Waals surface area contributed by atoms with E-state index < -0.39 is 0 Å². The van der Waals surface area contributed by atoms with Crippen LogP contribution in [0.3, 0.4) is 0 Å². The molecule has 36 heavy (non-hydrogen) atoms. The van der Waals surface area contributed by atoms with Crippen LogP contribution < -0.4 is 5.32 Å². The number of aryl methyl sites for hydroxylation is 1. The zero-order chi connectivity index (χ0) is 25.2. The molecule has 1 aliphatic rings. The largest absolute Gasteiger partial charge is 0.343 e. The van der Waals surface area contributed by atoms with Crippen molar-refractivity contribution in [2.75, 3.05) is 31.5 Å². The molecule has 186 valence electrons. The maximum Gasteiger partial charge on any atom is 0.228 e. The average Bonchev–Trinajstić information content (AvgIpc) is 3.22. The lowest BCUT2D eigenvalue weighted by molar-refractivity contribution is -0.119. The third-order valence-electron chi connectivity index (χ3n) is 6.46. The van der Waals surface area contributed by atoms with Crippen LogP contribution in [0.15, 0.2) is 42.7 Å². The molecule has 0 spiro atoms. The average molecular weight is 489 g/mol. The normalized spacial score (nSPS) is 14.5. The minimum Gasteiger partial charge on any atom is -0.343 e. The first-order valence-corrected chi connectivity index (χ1v) is 12.0. The van der Waals surface area contributed by atoms with Gasteiger partial charge in [-0.05, 0) is 35.7 Å². The molecule has 10 heteroatoms. The number of fused-ring (bicyclic) bond motifs is 1. The number of pyridine rings is 1. The van der Waals surface area contributed by atoms with Crippen LogP contribution in [0.5, 0.6) is 0 Å². The van der Waals surface area contributed by atoms with Gasteiger partial charge < -0.3 is 10.2 Å². The third-order valence-corrected chi connectivity index (χ3v) is 6.46. The lowest BCUT2D eigenvalue weighted by Gasteiger charge is -2.32. The summed E-state index contributed by atoms with van der Waals surface area (Å²) in [5.74, 6) is 0.835. The summed E-state index contributed by atoms with van der Waals surface area (Å²) in [6.45, 7) is 8.13. The first kappa shape index (κ1) is 23.8. The van der Waals surface area contributed by atoms with Gasteiger partial charge in [0, 0.05) is 68.8 Å². The van der Waals surface area contributed by atoms with Gasteiger partial charge in [0.1, 0.15) is 11.3 Å². The topological polar surface area (TPSA) is 92.1 Å². The van der Waals surface area contributed by atoms with E-state index in [0.717, 1.165) is 55.8 Å². The number of aromatic nitrogens is 5. The SMILES string of the molecule is CC(C)c1c2cc(-c3ccnc(Nc4ccc(CN5CCN(C=O)CC5)cn4)n3)cc(F)c2nn1C. The van der Waals surface area contributed by atoms with E-state index in [1.54, 1.807) is 21.8 Å². The van der Waals surface area contributed by atoms with E-state index in [2.05, 4.69) is 44.1 Å². The summed E-state index contributed by atoms with van der Waals surface area (Å²) < 4.78 is 16.7. The van der Waals surface area contributed by atoms with Crippen molar-refractivity contribution >= 4 is 29.1 Å². The van der Waals surface area contributed by atoms with Gasteiger partial charge in [-0.15, -0.1) is 0 Å². The fourth-order valence-corrected chi connectivity index (χ4v) is 4.68. The molecule has 1 aliphatic heterocycles. The Kier molecular flexibility index (Phi) is 6.60. The predicted molar refractivity (Wildman–Crippen MR) is 136 cm³/mol. The van der Waals surface area contributed by atoms with Crippen molar-refractivity contribution in [3.63, 3.8) is 0 Å². The molecule has 0 saturated carbocycles. The number of rotatable bonds is 7. The molecule has 0 aliphatic carbocycles. The first-order valence-electron chi connectivity index (χ1n) is 12.0. The van der Waals surface area contributed by atoms with E-state index in [-0.39, 0.29) is 11.7 Å². The highest BCUT2D eigenvalue weighted by Gasteiger charge is 2.18. The number of carbonyl (C=O) groups excluding carboxylic acids is 1. The lowest BCUT2D eigenvalue weighted by atomic mass is 10.0. The van der Waals surface area contributed by atoms with Crippen molar-refractivity contribution in [1.29, 1.82) is 0 Å². The molecule has 9 nitrogen and oxygen atoms in total. The second-order valence-electron chi connectivity index (χ2n) is 9.38. The van der Waals surface area contributed by atoms with Gasteiger partial charge in [0.05, 0.1) is 5.69 Å². The molecule has 1 N–H and O–H groups in total. The van der Waals surface area contributed by atoms with Gasteiger partial charge in [0.25, 0.3) is 0 Å². The van der Waals surface area contributed by atoms with Crippen molar-refractivity contribution in [1.82, 2.24) is 34.5 Å². The zero-order valence-electron chi connectivity index (χ0n) is 20.6. The quantitative estimate of drug-likeness (QED) is 0.397. The molecule has 1 aromatic carbocycles. The molecule has 4 heterocycles. The van der Waals surface area contributed by atoms with E-state index in [1.165, 1.54) is 6.07 Å². The highest BCUT2D eigenvalue weighted by Crippen LogP contribution is 2.31. The van der Waals surface area contributed by atoms with Crippen molar-refractivity contribution in [3.8, 4) is 11.3 Å². The Labute approximate surface area is 209 Å². The van der Waals surface area contributed by atoms with Crippen molar-refractivity contribution in [2.45, 2.75) is 26.3 Å². The van der Waals surface area contributed by atoms with Crippen molar-refractivity contribution in [3.05, 3.63) is 59.8 Å². The number of nitrogens with one attached hydrogen (secondary N) is 1. The Morgan fingerprint density at radius 1 is 1.11 bits per heavy atom. The van der Waals surface area contributed by atoms with Crippen LogP contribution in [0.2, 0.25) is 0 Å². The zero-order valence-corrected chi connectivity index (χ0v) is 20.6. The minimum absolute atomic E-state index is 0.201. The molecule has 4 aromatic rings. The summed E-state index contributed by atoms with van der Waals surface area (Å²) in [4.78, 5) is 28.4. The Balaban J connectivity index is 1.32. The Morgan fingerprint density at radius 2 is 1.92 bits per heavy atom. The van der Waals surface area contributed by atoms with Gasteiger partial charge >= 0.3 is 0 Å². The molecule has 0 unspecified atom stereocenters. The summed E-state index contributed by atoms with van der Waals surface area (Å²) in [5, 5.41) is 8.30. The summed E-state index contributed by atoms with van der Waals surface area (Å²) >= 11 is 0. The number of halogens is 1. The van der Waals surface area contributed by atoms with Crippen LogP contribution in [0.1, 0.15) is 31.0 Å². The molecule has 5 rings (SSSR count). The Hall–Kier alpha value is -3.92. The summed E-state index contributed by atoms with van der Waals surface area (Å²) in [6, 6.07) is 9.08. The van der Waals surface area contributed by atoms with Crippen LogP contribution >= 0.6 is 0 Å². The van der Waals surface area contributed by atoms with Gasteiger partial charge in [-0.1, -0.05) is 19.9 Å². The number of amides is 1. The van der Waals surface area contributed by atoms with Gasteiger partial charge in [-0.25, -0.2) is 19.3 Å². The van der Waals surface area contributed by atoms with Crippen LogP contribution in [-0.4, -0.2) is 67.1 Å². The molecule has 1 amide bonds. The molecule has 0 atom stereocenters. The highest BCUT2D eigenvalue weighted by atomic mass is 19.1. The smallest absolute Gasteiger partial charge is 0.228 e. The number of benzene rings is 1. The fourth-order valence-electron chi connectivity index (χ4n) is 4.68. The van der Waals surface area contributed by atoms with Crippen LogP contribution in [-0.2, 0) is 18.4 Å². The number of nitrogens with zero attached hydrogens (tertiary/aromatic N) is 7. The molecule has 3 aromatic heterocycles. The maximum absolute atomic E-state index is 14.9. The number of carbonyl (C=O) groups is 1. The molecule has 1 saturated heterocycles. The van der Waals surface area contributed by atoms with Crippen molar-refractivity contribution < 1.29 is 9.18 Å². The Bertz CT molecular complexity index is 1380. The molecule has 0 radical (unpaired) electrons. The number of hydrogen-bond donors (Lipinski definition) is 1. The van der Waals surface area contributed by atoms with Gasteiger partial charge in [-0.3, -0.25) is 14.4 Å². The first-order chi connectivity index (χ1) is 17.4. The Morgan fingerprint density at radius 3 is 2.61 bits per heavy atom. The molecule has 0 bridgehead atoms. The minimum atomic E-state index is -0.372. The number of hydrogen-bond acceptors (Lipinski definition) is 7. The molecular weight excluding hydrogens is 459 g/mol. The van der Waals surface area contributed by atoms with E-state index in [9.17, 15) is 9.18 Å². The van der Waals surface area contributed by atoms with Gasteiger partial charge in [0.2, 0.25) is 12.4 Å². The number of anilines is 2. The van der Waals surface area contributed by atoms with Crippen molar-refractivity contribution in [2.24, 2.45) is 7.05 Å². The molecule has 1 fully saturated rings. The second kappa shape index (κ2) is 9.98. The number of piperazine rings is 1. The fraction of sp³-hybridized carbons (Fsp3) is 0.346. The van der Waals surface area contributed by atoms with Crippen LogP contribution in [0.25, 0.3) is 22.2 Å². The highest BCUT2D eigenvalue weighted by molar-refractivity contribution is 5.87. The van der Waals surface area contributed by atoms with Crippen LogP contribution in [0, 0.1) is 5.82 Å². The predicted octanol–water partition coefficient (Wildman–Crippen LogP) is 3.71. The van der Waals surface area contributed by atoms with E-state index >= 15 is 0 Å². The van der Waals surface area contributed by atoms with E-state index in [1.807, 2.05) is 31.4 Å². The second-order valence-corrected chi connectivity index (χ2v) is 9.38. The van der Waals surface area contributed by atoms with E-state index in [0.29, 0.717) is 28.5 Å².